The summed E-state index contributed by atoms with van der Waals surface area (Å²) in [6, 6.07) is 5.15. The van der Waals surface area contributed by atoms with Crippen molar-refractivity contribution in [1.82, 2.24) is 34.2 Å². The number of carbonyl (C=O) groups excluding carboxylic acids is 1. The van der Waals surface area contributed by atoms with Gasteiger partial charge in [0, 0.05) is 92.7 Å². The quantitative estimate of drug-likeness (QED) is 0.629. The maximum atomic E-state index is 12.9. The van der Waals surface area contributed by atoms with Crippen molar-refractivity contribution in [3.05, 3.63) is 42.7 Å². The molecule has 8 heteroatoms. The van der Waals surface area contributed by atoms with Crippen molar-refractivity contribution >= 4 is 16.9 Å². The van der Waals surface area contributed by atoms with Gasteiger partial charge in [0.2, 0.25) is 5.91 Å². The molecule has 5 heterocycles. The molecular weight excluding hydrogens is 402 g/mol. The molecule has 0 radical (unpaired) electrons. The summed E-state index contributed by atoms with van der Waals surface area (Å²) in [7, 11) is 0. The molecular formula is C24H29N7O. The van der Waals surface area contributed by atoms with Gasteiger partial charge in [0.25, 0.3) is 0 Å². The Labute approximate surface area is 187 Å². The van der Waals surface area contributed by atoms with Gasteiger partial charge in [0.05, 0.1) is 6.54 Å². The summed E-state index contributed by atoms with van der Waals surface area (Å²) in [5, 5.41) is 1.13. The summed E-state index contributed by atoms with van der Waals surface area (Å²) < 4.78 is 2.29. The van der Waals surface area contributed by atoms with Gasteiger partial charge in [-0.1, -0.05) is 6.42 Å². The number of aromatic nitrogens is 4. The van der Waals surface area contributed by atoms with E-state index in [2.05, 4.69) is 41.4 Å². The predicted molar refractivity (Wildman–Crippen MR) is 122 cm³/mol. The lowest BCUT2D eigenvalue weighted by Crippen LogP contribution is -2.55. The lowest BCUT2D eigenvalue weighted by Gasteiger charge is -2.43. The zero-order chi connectivity index (χ0) is 21.5. The number of carbonyl (C=O) groups is 1. The van der Waals surface area contributed by atoms with Crippen molar-refractivity contribution in [3.63, 3.8) is 0 Å². The zero-order valence-corrected chi connectivity index (χ0v) is 18.4. The molecule has 0 atom stereocenters. The third-order valence-electron chi connectivity index (χ3n) is 7.36. The fraction of sp³-hybridized carbons (Fsp3) is 0.500. The van der Waals surface area contributed by atoms with E-state index < -0.39 is 0 Å². The van der Waals surface area contributed by atoms with Crippen LogP contribution in [-0.4, -0.2) is 85.4 Å². The van der Waals surface area contributed by atoms with E-state index in [9.17, 15) is 4.79 Å². The van der Waals surface area contributed by atoms with Crippen LogP contribution in [0.5, 0.6) is 0 Å². The molecule has 0 unspecified atom stereocenters. The summed E-state index contributed by atoms with van der Waals surface area (Å²) in [5.74, 6) is 0.271. The first-order valence-electron chi connectivity index (χ1n) is 11.7. The monoisotopic (exact) mass is 431 g/mol. The first kappa shape index (κ1) is 19.8. The lowest BCUT2D eigenvalue weighted by atomic mass is 9.91. The molecule has 1 saturated carbocycles. The number of pyridine rings is 1. The minimum atomic E-state index is 0.271. The normalized spacial score (nSPS) is 20.3. The van der Waals surface area contributed by atoms with E-state index in [-0.39, 0.29) is 5.91 Å². The molecule has 3 aromatic rings. The maximum absolute atomic E-state index is 12.9. The van der Waals surface area contributed by atoms with E-state index in [4.69, 9.17) is 4.98 Å². The highest BCUT2D eigenvalue weighted by Gasteiger charge is 2.30. The van der Waals surface area contributed by atoms with Crippen molar-refractivity contribution in [2.24, 2.45) is 0 Å². The van der Waals surface area contributed by atoms with Crippen molar-refractivity contribution in [2.45, 2.75) is 38.4 Å². The van der Waals surface area contributed by atoms with Gasteiger partial charge in [-0.3, -0.25) is 14.6 Å². The van der Waals surface area contributed by atoms with Crippen LogP contribution < -0.4 is 0 Å². The smallest absolute Gasteiger partial charge is 0.236 e. The molecule has 0 spiro atoms. The van der Waals surface area contributed by atoms with Gasteiger partial charge in [0.15, 0.2) is 0 Å². The molecule has 32 heavy (non-hydrogen) atoms. The van der Waals surface area contributed by atoms with Gasteiger partial charge >= 0.3 is 0 Å². The highest BCUT2D eigenvalue weighted by molar-refractivity contribution is 5.83. The van der Waals surface area contributed by atoms with Crippen LogP contribution in [0.3, 0.4) is 0 Å². The van der Waals surface area contributed by atoms with Gasteiger partial charge in [-0.25, -0.2) is 15.0 Å². The average Bonchev–Trinajstić information content (AvgIpc) is 3.16. The number of nitrogens with zero attached hydrogens (tertiary/aromatic N) is 7. The summed E-state index contributed by atoms with van der Waals surface area (Å²) >= 11 is 0. The maximum Gasteiger partial charge on any atom is 0.236 e. The molecule has 1 amide bonds. The molecule has 8 nitrogen and oxygen atoms in total. The molecule has 2 fully saturated rings. The number of rotatable bonds is 4. The van der Waals surface area contributed by atoms with Crippen LogP contribution in [0.2, 0.25) is 0 Å². The van der Waals surface area contributed by atoms with Gasteiger partial charge in [-0.05, 0) is 25.0 Å². The molecule has 0 N–H and O–H groups in total. The summed E-state index contributed by atoms with van der Waals surface area (Å²) in [5.41, 5.74) is 4.23. The number of piperazine rings is 1. The topological polar surface area (TPSA) is 70.4 Å². The van der Waals surface area contributed by atoms with Gasteiger partial charge in [-0.2, -0.15) is 0 Å². The van der Waals surface area contributed by atoms with Crippen molar-refractivity contribution in [3.8, 4) is 11.1 Å². The van der Waals surface area contributed by atoms with Gasteiger partial charge in [-0.15, -0.1) is 0 Å². The Hall–Kier alpha value is -2.84. The van der Waals surface area contributed by atoms with Crippen LogP contribution in [0.15, 0.2) is 37.1 Å². The zero-order valence-electron chi connectivity index (χ0n) is 18.4. The molecule has 2 aliphatic heterocycles. The third-order valence-corrected chi connectivity index (χ3v) is 7.36. The second-order valence-electron chi connectivity index (χ2n) is 9.26. The van der Waals surface area contributed by atoms with E-state index in [1.807, 2.05) is 18.6 Å². The van der Waals surface area contributed by atoms with E-state index in [0.29, 0.717) is 6.54 Å². The molecule has 1 aliphatic carbocycles. The van der Waals surface area contributed by atoms with Crippen LogP contribution >= 0.6 is 0 Å². The van der Waals surface area contributed by atoms with Crippen molar-refractivity contribution in [2.75, 3.05) is 39.3 Å². The van der Waals surface area contributed by atoms with E-state index >= 15 is 0 Å². The van der Waals surface area contributed by atoms with Crippen LogP contribution in [-0.2, 0) is 17.9 Å². The molecule has 1 saturated heterocycles. The van der Waals surface area contributed by atoms with Crippen molar-refractivity contribution in [1.29, 1.82) is 0 Å². The average molecular weight is 432 g/mol. The number of hydrogen-bond acceptors (Lipinski definition) is 6. The Kier molecular flexibility index (Phi) is 5.11. The Morgan fingerprint density at radius 3 is 2.50 bits per heavy atom. The minimum absolute atomic E-state index is 0.271. The Bertz CT molecular complexity index is 1120. The van der Waals surface area contributed by atoms with Crippen LogP contribution in [0, 0.1) is 0 Å². The molecule has 166 valence electrons. The second kappa shape index (κ2) is 8.26. The van der Waals surface area contributed by atoms with Gasteiger partial charge in [0.1, 0.15) is 12.0 Å². The SMILES string of the molecule is O=C(CN1CCn2c(cc3cc(-c4cncnc4)cnc32)C1)N1CCN(C2CCC2)CC1. The van der Waals surface area contributed by atoms with Crippen LogP contribution in [0.1, 0.15) is 25.0 Å². The van der Waals surface area contributed by atoms with E-state index in [1.54, 1.807) is 0 Å². The summed E-state index contributed by atoms with van der Waals surface area (Å²) in [6.45, 7) is 6.84. The lowest BCUT2D eigenvalue weighted by molar-refractivity contribution is -0.135. The molecule has 0 bridgehead atoms. The largest absolute Gasteiger partial charge is 0.339 e. The number of hydrogen-bond donors (Lipinski definition) is 0. The standard InChI is InChI=1S/C24H29N7O/c32-23(30-7-5-29(6-8-30)21-2-1-3-21)16-28-4-9-31-22(15-28)11-18-10-19(14-27-24(18)31)20-12-25-17-26-13-20/h10-14,17,21H,1-9,15-16H2. The molecule has 0 aromatic carbocycles. The minimum Gasteiger partial charge on any atom is -0.339 e. The Morgan fingerprint density at radius 1 is 0.938 bits per heavy atom. The van der Waals surface area contributed by atoms with Gasteiger partial charge < -0.3 is 9.47 Å². The number of amides is 1. The van der Waals surface area contributed by atoms with Crippen LogP contribution in [0.25, 0.3) is 22.2 Å². The molecule has 6 rings (SSSR count). The van der Waals surface area contributed by atoms with Crippen LogP contribution in [0.4, 0.5) is 0 Å². The first-order valence-corrected chi connectivity index (χ1v) is 11.7. The molecule has 3 aliphatic rings. The Balaban J connectivity index is 1.11. The number of fused-ring (bicyclic) bond motifs is 3. The predicted octanol–water partition coefficient (Wildman–Crippen LogP) is 2.01. The fourth-order valence-corrected chi connectivity index (χ4v) is 5.25. The highest BCUT2D eigenvalue weighted by Crippen LogP contribution is 2.27. The highest BCUT2D eigenvalue weighted by atomic mass is 16.2. The fourth-order valence-electron chi connectivity index (χ4n) is 5.25. The second-order valence-corrected chi connectivity index (χ2v) is 9.26. The van der Waals surface area contributed by atoms with E-state index in [1.165, 1.54) is 31.3 Å². The molecule has 3 aromatic heterocycles. The third kappa shape index (κ3) is 3.67. The summed E-state index contributed by atoms with van der Waals surface area (Å²) in [4.78, 5) is 32.8. The first-order chi connectivity index (χ1) is 15.7. The summed E-state index contributed by atoms with van der Waals surface area (Å²) in [6.07, 6.45) is 11.1. The Morgan fingerprint density at radius 2 is 1.75 bits per heavy atom. The van der Waals surface area contributed by atoms with Crippen molar-refractivity contribution < 1.29 is 4.79 Å². The van der Waals surface area contributed by atoms with E-state index in [0.717, 1.165) is 74.0 Å².